The van der Waals surface area contributed by atoms with E-state index in [1.54, 1.807) is 0 Å². The summed E-state index contributed by atoms with van der Waals surface area (Å²) in [4.78, 5) is 50.1. The lowest BCUT2D eigenvalue weighted by atomic mass is 10.1. The van der Waals surface area contributed by atoms with E-state index in [2.05, 4.69) is 0 Å². The third-order valence-electron chi connectivity index (χ3n) is 4.11. The summed E-state index contributed by atoms with van der Waals surface area (Å²) in [6.45, 7) is 1.98. The van der Waals surface area contributed by atoms with E-state index >= 15 is 0 Å². The van der Waals surface area contributed by atoms with Crippen LogP contribution in [0, 0.1) is 5.92 Å². The first-order valence-electron chi connectivity index (χ1n) is 8.26. The molecule has 0 unspecified atom stereocenters. The van der Waals surface area contributed by atoms with Crippen molar-refractivity contribution in [1.29, 1.82) is 0 Å². The van der Waals surface area contributed by atoms with Gasteiger partial charge in [0.05, 0.1) is 19.4 Å². The number of hydrogen-bond donors (Lipinski definition) is 0. The maximum Gasteiger partial charge on any atom is 0.326 e. The molecule has 0 bridgehead atoms. The fourth-order valence-electron chi connectivity index (χ4n) is 2.70. The lowest BCUT2D eigenvalue weighted by molar-refractivity contribution is -0.154. The minimum Gasteiger partial charge on any atom is -0.469 e. The Morgan fingerprint density at radius 3 is 2.42 bits per heavy atom. The standard InChI is InChI=1S/C18H22N2O6/c1-13(21)20-9-8-19(18(20)24)11-15(17(23)25-2)10-16(22)26-12-14-6-4-3-5-7-14/h3-7,15H,8-12H2,1-2H3/t15-/m0/s1. The third kappa shape index (κ3) is 5.05. The number of ether oxygens (including phenoxy) is 2. The van der Waals surface area contributed by atoms with Gasteiger partial charge in [-0.05, 0) is 5.56 Å². The first-order chi connectivity index (χ1) is 12.4. The second kappa shape index (κ2) is 8.98. The van der Waals surface area contributed by atoms with Crippen LogP contribution in [0.2, 0.25) is 0 Å². The SMILES string of the molecule is COC(=O)[C@@H](CC(=O)OCc1ccccc1)CN1CCN(C(C)=O)C1=O. The van der Waals surface area contributed by atoms with Crippen LogP contribution in [0.5, 0.6) is 0 Å². The first kappa shape index (κ1) is 19.4. The number of methoxy groups -OCH3 is 1. The Morgan fingerprint density at radius 1 is 1.15 bits per heavy atom. The number of rotatable bonds is 7. The van der Waals surface area contributed by atoms with Gasteiger partial charge in [0.2, 0.25) is 5.91 Å². The zero-order valence-electron chi connectivity index (χ0n) is 14.8. The predicted octanol–water partition coefficient (Wildman–Crippen LogP) is 1.19. The molecule has 1 saturated heterocycles. The maximum atomic E-state index is 12.2. The maximum absolute atomic E-state index is 12.2. The van der Waals surface area contributed by atoms with Crippen molar-refractivity contribution in [2.45, 2.75) is 20.0 Å². The Balaban J connectivity index is 1.93. The second-order valence-electron chi connectivity index (χ2n) is 5.97. The van der Waals surface area contributed by atoms with Gasteiger partial charge in [-0.1, -0.05) is 30.3 Å². The number of urea groups is 1. The van der Waals surface area contributed by atoms with Gasteiger partial charge in [-0.25, -0.2) is 4.79 Å². The number of esters is 2. The van der Waals surface area contributed by atoms with E-state index in [0.29, 0.717) is 6.54 Å². The molecule has 1 aliphatic heterocycles. The molecule has 1 atom stereocenters. The minimum atomic E-state index is -0.848. The molecule has 0 aromatic heterocycles. The van der Waals surface area contributed by atoms with Gasteiger partial charge in [0.15, 0.2) is 0 Å². The van der Waals surface area contributed by atoms with Crippen molar-refractivity contribution in [2.24, 2.45) is 5.92 Å². The van der Waals surface area contributed by atoms with Crippen LogP contribution in [0.25, 0.3) is 0 Å². The van der Waals surface area contributed by atoms with Crippen molar-refractivity contribution in [1.82, 2.24) is 9.80 Å². The molecule has 1 aromatic carbocycles. The summed E-state index contributed by atoms with van der Waals surface area (Å²) in [7, 11) is 1.22. The van der Waals surface area contributed by atoms with E-state index < -0.39 is 23.9 Å². The smallest absolute Gasteiger partial charge is 0.326 e. The molecule has 140 valence electrons. The van der Waals surface area contributed by atoms with Crippen LogP contribution in [-0.2, 0) is 30.5 Å². The van der Waals surface area contributed by atoms with Gasteiger partial charge >= 0.3 is 18.0 Å². The molecule has 1 heterocycles. The summed E-state index contributed by atoms with van der Waals surface area (Å²) in [5, 5.41) is 0. The van der Waals surface area contributed by atoms with E-state index in [0.717, 1.165) is 10.5 Å². The molecule has 0 radical (unpaired) electrons. The topological polar surface area (TPSA) is 93.2 Å². The summed E-state index contributed by atoms with van der Waals surface area (Å²) in [6.07, 6.45) is -0.205. The number of nitrogens with zero attached hydrogens (tertiary/aromatic N) is 2. The Hall–Kier alpha value is -2.90. The van der Waals surface area contributed by atoms with Crippen LogP contribution in [0.1, 0.15) is 18.9 Å². The molecule has 0 N–H and O–H groups in total. The summed E-state index contributed by atoms with van der Waals surface area (Å²) < 4.78 is 9.92. The largest absolute Gasteiger partial charge is 0.469 e. The van der Waals surface area contributed by atoms with Crippen LogP contribution >= 0.6 is 0 Å². The molecule has 1 fully saturated rings. The monoisotopic (exact) mass is 362 g/mol. The molecule has 8 nitrogen and oxygen atoms in total. The highest BCUT2D eigenvalue weighted by molar-refractivity contribution is 5.95. The molecule has 3 amide bonds. The van der Waals surface area contributed by atoms with Crippen molar-refractivity contribution < 1.29 is 28.7 Å². The van der Waals surface area contributed by atoms with E-state index in [-0.39, 0.29) is 32.0 Å². The molecule has 0 saturated carbocycles. The van der Waals surface area contributed by atoms with Crippen molar-refractivity contribution in [2.75, 3.05) is 26.7 Å². The van der Waals surface area contributed by atoms with Gasteiger partial charge in [-0.2, -0.15) is 0 Å². The lowest BCUT2D eigenvalue weighted by Gasteiger charge is -2.21. The van der Waals surface area contributed by atoms with Crippen molar-refractivity contribution in [3.8, 4) is 0 Å². The fourth-order valence-corrected chi connectivity index (χ4v) is 2.70. The van der Waals surface area contributed by atoms with E-state index in [4.69, 9.17) is 9.47 Å². The number of amides is 3. The molecule has 0 aliphatic carbocycles. The average molecular weight is 362 g/mol. The number of carbonyl (C=O) groups is 4. The van der Waals surface area contributed by atoms with Crippen molar-refractivity contribution >= 4 is 23.9 Å². The summed E-state index contributed by atoms with van der Waals surface area (Å²) >= 11 is 0. The zero-order chi connectivity index (χ0) is 19.1. The van der Waals surface area contributed by atoms with E-state index in [1.807, 2.05) is 30.3 Å². The highest BCUT2D eigenvalue weighted by Crippen LogP contribution is 2.16. The van der Waals surface area contributed by atoms with Crippen LogP contribution in [0.3, 0.4) is 0 Å². The second-order valence-corrected chi connectivity index (χ2v) is 5.97. The van der Waals surface area contributed by atoms with E-state index in [1.165, 1.54) is 18.9 Å². The van der Waals surface area contributed by atoms with Crippen LogP contribution in [0.15, 0.2) is 30.3 Å². The molecule has 1 aliphatic rings. The molecule has 2 rings (SSSR count). The van der Waals surface area contributed by atoms with Crippen LogP contribution < -0.4 is 0 Å². The highest BCUT2D eigenvalue weighted by atomic mass is 16.5. The van der Waals surface area contributed by atoms with Gasteiger partial charge in [0, 0.05) is 26.6 Å². The number of carbonyl (C=O) groups excluding carboxylic acids is 4. The summed E-state index contributed by atoms with van der Waals surface area (Å²) in [5.41, 5.74) is 0.835. The molecular weight excluding hydrogens is 340 g/mol. The first-order valence-corrected chi connectivity index (χ1v) is 8.26. The summed E-state index contributed by atoms with van der Waals surface area (Å²) in [5.74, 6) is -2.36. The van der Waals surface area contributed by atoms with Gasteiger partial charge in [0.25, 0.3) is 0 Å². The van der Waals surface area contributed by atoms with Crippen LogP contribution in [0.4, 0.5) is 4.79 Å². The zero-order valence-corrected chi connectivity index (χ0v) is 14.8. The Labute approximate surface area is 151 Å². The van der Waals surface area contributed by atoms with Crippen molar-refractivity contribution in [3.05, 3.63) is 35.9 Å². The number of benzene rings is 1. The molecule has 0 spiro atoms. The fraction of sp³-hybridized carbons (Fsp3) is 0.444. The Morgan fingerprint density at radius 2 is 1.85 bits per heavy atom. The van der Waals surface area contributed by atoms with Gasteiger partial charge in [-0.15, -0.1) is 0 Å². The quantitative estimate of drug-likeness (QED) is 0.677. The number of hydrogen-bond acceptors (Lipinski definition) is 6. The molecule has 8 heteroatoms. The average Bonchev–Trinajstić information content (AvgIpc) is 3.00. The van der Waals surface area contributed by atoms with Gasteiger partial charge < -0.3 is 14.4 Å². The van der Waals surface area contributed by atoms with Crippen LogP contribution in [-0.4, -0.2) is 60.4 Å². The normalized spacial score (nSPS) is 14.9. The number of imide groups is 1. The predicted molar refractivity (Wildman–Crippen MR) is 90.7 cm³/mol. The van der Waals surface area contributed by atoms with Gasteiger partial charge in [-0.3, -0.25) is 19.3 Å². The minimum absolute atomic E-state index is 0.00424. The molecular formula is C18H22N2O6. The highest BCUT2D eigenvalue weighted by Gasteiger charge is 2.35. The Kier molecular flexibility index (Phi) is 6.71. The molecule has 1 aromatic rings. The lowest BCUT2D eigenvalue weighted by Crippen LogP contribution is -2.39. The Bertz CT molecular complexity index is 676. The third-order valence-corrected chi connectivity index (χ3v) is 4.11. The molecule has 26 heavy (non-hydrogen) atoms. The van der Waals surface area contributed by atoms with E-state index in [9.17, 15) is 19.2 Å². The van der Waals surface area contributed by atoms with Gasteiger partial charge in [0.1, 0.15) is 6.61 Å². The summed E-state index contributed by atoms with van der Waals surface area (Å²) in [6, 6.07) is 8.70. The van der Waals surface area contributed by atoms with Crippen molar-refractivity contribution in [3.63, 3.8) is 0 Å².